The van der Waals surface area contributed by atoms with Crippen LogP contribution in [0.4, 0.5) is 11.4 Å². The largest absolute Gasteiger partial charge is 0.325 e. The van der Waals surface area contributed by atoms with E-state index in [1.54, 1.807) is 0 Å². The number of nitrogens with one attached hydrogen (secondary N) is 2. The van der Waals surface area contributed by atoms with E-state index in [1.165, 1.54) is 16.7 Å². The number of hydrogen-bond donors (Lipinski definition) is 2. The van der Waals surface area contributed by atoms with Gasteiger partial charge in [0.25, 0.3) is 0 Å². The van der Waals surface area contributed by atoms with Gasteiger partial charge >= 0.3 is 0 Å². The standard InChI is InChI=1S/C35H40N2O2/c1-22-11-7-9-13-30(22)20-32(38)36-34-24(3)15-28(16-25(34)4)19-29-17-26(5)35(27(6)18-29)37-33(39)21-31-14-10-8-12-23(31)2/h7,9,11-18H,8,10,19-21H2,1-6H3,(H,36,38)(H,37,39). The Kier molecular flexibility index (Phi) is 8.86. The molecule has 0 heterocycles. The smallest absolute Gasteiger partial charge is 0.228 e. The molecular formula is C35H40N2O2. The second-order valence-corrected chi connectivity index (χ2v) is 11.0. The van der Waals surface area contributed by atoms with E-state index in [2.05, 4.69) is 67.8 Å². The van der Waals surface area contributed by atoms with Gasteiger partial charge in [0.15, 0.2) is 0 Å². The lowest BCUT2D eigenvalue weighted by atomic mass is 9.95. The predicted molar refractivity (Wildman–Crippen MR) is 162 cm³/mol. The molecule has 0 saturated heterocycles. The quantitative estimate of drug-likeness (QED) is 0.316. The first-order valence-corrected chi connectivity index (χ1v) is 13.8. The highest BCUT2D eigenvalue weighted by Gasteiger charge is 2.15. The van der Waals surface area contributed by atoms with Crippen LogP contribution < -0.4 is 10.6 Å². The van der Waals surface area contributed by atoms with Crippen LogP contribution in [0, 0.1) is 34.6 Å². The number of rotatable bonds is 8. The maximum atomic E-state index is 12.8. The van der Waals surface area contributed by atoms with Crippen LogP contribution in [0.1, 0.15) is 70.7 Å². The zero-order chi connectivity index (χ0) is 28.1. The SMILES string of the molecule is CC1=CCCC=C1CC(=O)Nc1c(C)cc(Cc2cc(C)c(NC(=O)Cc3ccccc3C)c(C)c2)cc1C. The predicted octanol–water partition coefficient (Wildman–Crippen LogP) is 8.00. The molecular weight excluding hydrogens is 480 g/mol. The van der Waals surface area contributed by atoms with Gasteiger partial charge in [-0.05, 0) is 111 Å². The van der Waals surface area contributed by atoms with E-state index in [9.17, 15) is 9.59 Å². The minimum Gasteiger partial charge on any atom is -0.325 e. The molecule has 4 nitrogen and oxygen atoms in total. The van der Waals surface area contributed by atoms with Crippen molar-refractivity contribution in [3.8, 4) is 0 Å². The average molecular weight is 521 g/mol. The summed E-state index contributed by atoms with van der Waals surface area (Å²) in [6.07, 6.45) is 8.02. The van der Waals surface area contributed by atoms with E-state index in [0.29, 0.717) is 12.8 Å². The summed E-state index contributed by atoms with van der Waals surface area (Å²) in [5.74, 6) is 0.0271. The Labute approximate surface area is 233 Å². The van der Waals surface area contributed by atoms with Gasteiger partial charge in [0, 0.05) is 11.4 Å². The summed E-state index contributed by atoms with van der Waals surface area (Å²) < 4.78 is 0. The van der Waals surface area contributed by atoms with Gasteiger partial charge in [-0.3, -0.25) is 9.59 Å². The van der Waals surface area contributed by atoms with Crippen LogP contribution in [0.5, 0.6) is 0 Å². The number of carbonyl (C=O) groups excluding carboxylic acids is 2. The summed E-state index contributed by atoms with van der Waals surface area (Å²) in [7, 11) is 0. The van der Waals surface area contributed by atoms with Gasteiger partial charge in [-0.2, -0.15) is 0 Å². The summed E-state index contributed by atoms with van der Waals surface area (Å²) in [6, 6.07) is 16.6. The lowest BCUT2D eigenvalue weighted by molar-refractivity contribution is -0.116. The minimum absolute atomic E-state index is 0.00176. The molecule has 1 aliphatic rings. The first-order valence-electron chi connectivity index (χ1n) is 13.8. The van der Waals surface area contributed by atoms with Crippen molar-refractivity contribution >= 4 is 23.2 Å². The number of hydrogen-bond acceptors (Lipinski definition) is 2. The number of amides is 2. The Bertz CT molecular complexity index is 1430. The van der Waals surface area contributed by atoms with Crippen molar-refractivity contribution in [1.82, 2.24) is 0 Å². The zero-order valence-corrected chi connectivity index (χ0v) is 24.1. The van der Waals surface area contributed by atoms with Crippen molar-refractivity contribution in [3.63, 3.8) is 0 Å². The molecule has 3 aromatic rings. The van der Waals surface area contributed by atoms with E-state index in [0.717, 1.165) is 69.6 Å². The highest BCUT2D eigenvalue weighted by Crippen LogP contribution is 2.28. The van der Waals surface area contributed by atoms with Crippen LogP contribution in [0.2, 0.25) is 0 Å². The van der Waals surface area contributed by atoms with Crippen LogP contribution in [0.25, 0.3) is 0 Å². The van der Waals surface area contributed by atoms with Crippen molar-refractivity contribution in [1.29, 1.82) is 0 Å². The molecule has 0 unspecified atom stereocenters. The molecule has 0 spiro atoms. The fraction of sp³-hybridized carbons (Fsp3) is 0.314. The summed E-state index contributed by atoms with van der Waals surface area (Å²) >= 11 is 0. The maximum absolute atomic E-state index is 12.8. The molecule has 3 aromatic carbocycles. The Hall–Kier alpha value is -3.92. The normalized spacial score (nSPS) is 13.0. The Morgan fingerprint density at radius 1 is 0.641 bits per heavy atom. The first-order chi connectivity index (χ1) is 18.6. The third-order valence-corrected chi connectivity index (χ3v) is 7.60. The van der Waals surface area contributed by atoms with E-state index in [1.807, 2.05) is 45.0 Å². The molecule has 0 atom stereocenters. The van der Waals surface area contributed by atoms with E-state index < -0.39 is 0 Å². The molecule has 0 radical (unpaired) electrons. The molecule has 39 heavy (non-hydrogen) atoms. The second kappa shape index (κ2) is 12.3. The van der Waals surface area contributed by atoms with Crippen LogP contribution >= 0.6 is 0 Å². The Morgan fingerprint density at radius 2 is 1.13 bits per heavy atom. The van der Waals surface area contributed by atoms with Gasteiger partial charge in [-0.15, -0.1) is 0 Å². The molecule has 4 heteroatoms. The molecule has 0 fully saturated rings. The lowest BCUT2D eigenvalue weighted by Crippen LogP contribution is -2.17. The topological polar surface area (TPSA) is 58.2 Å². The summed E-state index contributed by atoms with van der Waals surface area (Å²) in [5, 5.41) is 6.29. The number of benzene rings is 3. The van der Waals surface area contributed by atoms with Crippen molar-refractivity contribution < 1.29 is 9.59 Å². The van der Waals surface area contributed by atoms with Gasteiger partial charge in [-0.25, -0.2) is 0 Å². The zero-order valence-electron chi connectivity index (χ0n) is 24.1. The van der Waals surface area contributed by atoms with Gasteiger partial charge < -0.3 is 10.6 Å². The fourth-order valence-corrected chi connectivity index (χ4v) is 5.52. The molecule has 0 aromatic heterocycles. The fourth-order valence-electron chi connectivity index (χ4n) is 5.52. The van der Waals surface area contributed by atoms with Crippen LogP contribution in [0.15, 0.2) is 71.8 Å². The molecule has 0 aliphatic heterocycles. The summed E-state index contributed by atoms with van der Waals surface area (Å²) in [5.41, 5.74) is 13.0. The highest BCUT2D eigenvalue weighted by molar-refractivity contribution is 5.95. The van der Waals surface area contributed by atoms with Gasteiger partial charge in [0.2, 0.25) is 11.8 Å². The van der Waals surface area contributed by atoms with Crippen LogP contribution in [-0.2, 0) is 22.4 Å². The number of anilines is 2. The Morgan fingerprint density at radius 3 is 1.64 bits per heavy atom. The van der Waals surface area contributed by atoms with E-state index >= 15 is 0 Å². The van der Waals surface area contributed by atoms with Crippen molar-refractivity contribution in [3.05, 3.63) is 116 Å². The van der Waals surface area contributed by atoms with E-state index in [4.69, 9.17) is 0 Å². The van der Waals surface area contributed by atoms with E-state index in [-0.39, 0.29) is 11.8 Å². The molecule has 2 amide bonds. The average Bonchev–Trinajstić information content (AvgIpc) is 2.86. The first kappa shape index (κ1) is 28.1. The van der Waals surface area contributed by atoms with Crippen LogP contribution in [-0.4, -0.2) is 11.8 Å². The van der Waals surface area contributed by atoms with Crippen molar-refractivity contribution in [2.75, 3.05) is 10.6 Å². The second-order valence-electron chi connectivity index (χ2n) is 11.0. The van der Waals surface area contributed by atoms with Gasteiger partial charge in [0.05, 0.1) is 12.8 Å². The molecule has 4 rings (SSSR count). The molecule has 0 saturated carbocycles. The highest BCUT2D eigenvalue weighted by atomic mass is 16.2. The van der Waals surface area contributed by atoms with Gasteiger partial charge in [-0.1, -0.05) is 66.3 Å². The molecule has 202 valence electrons. The van der Waals surface area contributed by atoms with Gasteiger partial charge in [0.1, 0.15) is 0 Å². The molecule has 0 bridgehead atoms. The minimum atomic E-state index is -0.00176. The third kappa shape index (κ3) is 7.14. The van der Waals surface area contributed by atoms with Crippen LogP contribution in [0.3, 0.4) is 0 Å². The Balaban J connectivity index is 1.43. The number of carbonyl (C=O) groups is 2. The summed E-state index contributed by atoms with van der Waals surface area (Å²) in [4.78, 5) is 25.6. The maximum Gasteiger partial charge on any atom is 0.228 e. The lowest BCUT2D eigenvalue weighted by Gasteiger charge is -2.17. The third-order valence-electron chi connectivity index (χ3n) is 7.60. The van der Waals surface area contributed by atoms with Crippen molar-refractivity contribution in [2.24, 2.45) is 0 Å². The molecule has 2 N–H and O–H groups in total. The number of allylic oxidation sites excluding steroid dienone is 3. The molecule has 1 aliphatic carbocycles. The van der Waals surface area contributed by atoms with Crippen molar-refractivity contribution in [2.45, 2.75) is 73.6 Å². The monoisotopic (exact) mass is 520 g/mol. The summed E-state index contributed by atoms with van der Waals surface area (Å²) in [6.45, 7) is 12.3. The number of aryl methyl sites for hydroxylation is 5.